The second-order valence-corrected chi connectivity index (χ2v) is 5.77. The summed E-state index contributed by atoms with van der Waals surface area (Å²) in [4.78, 5) is 28.7. The van der Waals surface area contributed by atoms with Crippen LogP contribution in [0.25, 0.3) is 0 Å². The summed E-state index contributed by atoms with van der Waals surface area (Å²) < 4.78 is 1.68. The summed E-state index contributed by atoms with van der Waals surface area (Å²) in [6.07, 6.45) is 4.25. The topological polar surface area (TPSA) is 64.0 Å². The number of carbonyl (C=O) groups is 2. The fourth-order valence-corrected chi connectivity index (χ4v) is 2.51. The van der Waals surface area contributed by atoms with Crippen LogP contribution in [-0.4, -0.2) is 21.2 Å². The summed E-state index contributed by atoms with van der Waals surface area (Å²) in [6, 6.07) is 14.3. The molecule has 0 bridgehead atoms. The first-order valence-corrected chi connectivity index (χ1v) is 8.11. The largest absolute Gasteiger partial charge is 0.331 e. The summed E-state index contributed by atoms with van der Waals surface area (Å²) >= 11 is 0. The van der Waals surface area contributed by atoms with E-state index in [2.05, 4.69) is 17.2 Å². The zero-order chi connectivity index (χ0) is 17.8. The van der Waals surface area contributed by atoms with Crippen molar-refractivity contribution in [3.63, 3.8) is 0 Å². The predicted octanol–water partition coefficient (Wildman–Crippen LogP) is 3.47. The van der Waals surface area contributed by atoms with Crippen molar-refractivity contribution in [2.75, 3.05) is 5.32 Å². The molecule has 126 valence electrons. The van der Waals surface area contributed by atoms with Gasteiger partial charge in [-0.3, -0.25) is 9.59 Å². The maximum Gasteiger partial charge on any atom is 0.255 e. The van der Waals surface area contributed by atoms with E-state index in [1.807, 2.05) is 24.3 Å². The predicted molar refractivity (Wildman–Crippen MR) is 96.9 cm³/mol. The van der Waals surface area contributed by atoms with E-state index in [4.69, 9.17) is 0 Å². The molecule has 1 amide bonds. The summed E-state index contributed by atoms with van der Waals surface area (Å²) in [7, 11) is 1.78. The van der Waals surface area contributed by atoms with Gasteiger partial charge in [-0.05, 0) is 48.4 Å². The van der Waals surface area contributed by atoms with Crippen LogP contribution in [0.2, 0.25) is 0 Å². The lowest BCUT2D eigenvalue weighted by Gasteiger charge is -2.07. The van der Waals surface area contributed by atoms with Crippen molar-refractivity contribution in [1.29, 1.82) is 0 Å². The number of aryl methyl sites for hydroxylation is 2. The molecule has 1 N–H and O–H groups in total. The normalized spacial score (nSPS) is 10.5. The Morgan fingerprint density at radius 2 is 1.64 bits per heavy atom. The summed E-state index contributed by atoms with van der Waals surface area (Å²) in [5, 5.41) is 2.84. The Hall–Kier alpha value is -3.21. The number of imidazole rings is 1. The zero-order valence-corrected chi connectivity index (χ0v) is 14.2. The molecule has 0 aliphatic heterocycles. The molecule has 1 aromatic heterocycles. The van der Waals surface area contributed by atoms with Gasteiger partial charge in [-0.25, -0.2) is 4.98 Å². The summed E-state index contributed by atoms with van der Waals surface area (Å²) in [6.45, 7) is 2.07. The van der Waals surface area contributed by atoms with E-state index in [1.165, 1.54) is 5.56 Å². The molecule has 0 fully saturated rings. The fraction of sp³-hybridized carbons (Fsp3) is 0.150. The van der Waals surface area contributed by atoms with Gasteiger partial charge in [0.15, 0.2) is 5.82 Å². The van der Waals surface area contributed by atoms with Crippen LogP contribution in [0.5, 0.6) is 0 Å². The van der Waals surface area contributed by atoms with Gasteiger partial charge in [0.1, 0.15) is 0 Å². The first-order chi connectivity index (χ1) is 12.1. The van der Waals surface area contributed by atoms with Crippen LogP contribution in [0.1, 0.15) is 39.0 Å². The molecule has 1 heterocycles. The van der Waals surface area contributed by atoms with Crippen LogP contribution < -0.4 is 5.32 Å². The monoisotopic (exact) mass is 333 g/mol. The van der Waals surface area contributed by atoms with Crippen molar-refractivity contribution in [2.45, 2.75) is 13.3 Å². The van der Waals surface area contributed by atoms with Gasteiger partial charge >= 0.3 is 0 Å². The first-order valence-electron chi connectivity index (χ1n) is 8.11. The smallest absolute Gasteiger partial charge is 0.255 e. The van der Waals surface area contributed by atoms with Crippen molar-refractivity contribution < 1.29 is 9.59 Å². The number of ketones is 1. The van der Waals surface area contributed by atoms with Crippen LogP contribution in [0.4, 0.5) is 5.69 Å². The van der Waals surface area contributed by atoms with E-state index in [9.17, 15) is 9.59 Å². The Kier molecular flexibility index (Phi) is 4.75. The maximum atomic E-state index is 12.4. The zero-order valence-electron chi connectivity index (χ0n) is 14.2. The number of benzene rings is 2. The second-order valence-electron chi connectivity index (χ2n) is 5.77. The SMILES string of the molecule is CCc1ccc(C(=O)Nc2ccc(C(=O)c3nccn3C)cc2)cc1. The quantitative estimate of drug-likeness (QED) is 0.727. The van der Waals surface area contributed by atoms with Gasteiger partial charge < -0.3 is 9.88 Å². The molecule has 0 atom stereocenters. The van der Waals surface area contributed by atoms with E-state index in [-0.39, 0.29) is 11.7 Å². The highest BCUT2D eigenvalue weighted by Crippen LogP contribution is 2.14. The van der Waals surface area contributed by atoms with Crippen LogP contribution in [0.3, 0.4) is 0 Å². The van der Waals surface area contributed by atoms with Crippen LogP contribution in [-0.2, 0) is 13.5 Å². The molecule has 0 aliphatic carbocycles. The number of hydrogen-bond acceptors (Lipinski definition) is 3. The molecule has 0 aliphatic rings. The molecule has 5 nitrogen and oxygen atoms in total. The molecule has 0 saturated heterocycles. The number of nitrogens with zero attached hydrogens (tertiary/aromatic N) is 2. The minimum absolute atomic E-state index is 0.152. The van der Waals surface area contributed by atoms with Gasteiger partial charge in [-0.1, -0.05) is 19.1 Å². The molecule has 3 aromatic rings. The number of carbonyl (C=O) groups excluding carboxylic acids is 2. The fourth-order valence-electron chi connectivity index (χ4n) is 2.51. The highest BCUT2D eigenvalue weighted by Gasteiger charge is 2.14. The van der Waals surface area contributed by atoms with Gasteiger partial charge in [0.05, 0.1) is 0 Å². The number of rotatable bonds is 5. The average Bonchev–Trinajstić information content (AvgIpc) is 3.07. The van der Waals surface area contributed by atoms with E-state index in [0.29, 0.717) is 22.6 Å². The lowest BCUT2D eigenvalue weighted by molar-refractivity contribution is 0.102. The third-order valence-corrected chi connectivity index (χ3v) is 4.05. The van der Waals surface area contributed by atoms with Crippen molar-refractivity contribution in [1.82, 2.24) is 9.55 Å². The van der Waals surface area contributed by atoms with Crippen LogP contribution >= 0.6 is 0 Å². The van der Waals surface area contributed by atoms with Crippen molar-refractivity contribution >= 4 is 17.4 Å². The molecule has 0 radical (unpaired) electrons. The number of nitrogens with one attached hydrogen (secondary N) is 1. The molecule has 2 aromatic carbocycles. The molecule has 25 heavy (non-hydrogen) atoms. The first kappa shape index (κ1) is 16.6. The van der Waals surface area contributed by atoms with E-state index in [1.54, 1.807) is 48.3 Å². The van der Waals surface area contributed by atoms with Gasteiger partial charge in [0, 0.05) is 36.3 Å². The van der Waals surface area contributed by atoms with Gasteiger partial charge in [-0.2, -0.15) is 0 Å². The Morgan fingerprint density at radius 3 is 2.20 bits per heavy atom. The molecular formula is C20H19N3O2. The van der Waals surface area contributed by atoms with Crippen molar-refractivity contribution in [2.24, 2.45) is 7.05 Å². The third-order valence-electron chi connectivity index (χ3n) is 4.05. The van der Waals surface area contributed by atoms with Gasteiger partial charge in [-0.15, -0.1) is 0 Å². The highest BCUT2D eigenvalue weighted by molar-refractivity contribution is 6.07. The molecule has 0 unspecified atom stereocenters. The minimum Gasteiger partial charge on any atom is -0.331 e. The Balaban J connectivity index is 1.71. The van der Waals surface area contributed by atoms with Crippen molar-refractivity contribution in [3.8, 4) is 0 Å². The van der Waals surface area contributed by atoms with Crippen molar-refractivity contribution in [3.05, 3.63) is 83.4 Å². The number of aromatic nitrogens is 2. The average molecular weight is 333 g/mol. The molecule has 3 rings (SSSR count). The van der Waals surface area contributed by atoms with Gasteiger partial charge in [0.2, 0.25) is 5.78 Å². The lowest BCUT2D eigenvalue weighted by Crippen LogP contribution is -2.12. The molecule has 0 saturated carbocycles. The Morgan fingerprint density at radius 1 is 1.00 bits per heavy atom. The van der Waals surface area contributed by atoms with Gasteiger partial charge in [0.25, 0.3) is 5.91 Å². The number of anilines is 1. The Labute approximate surface area is 146 Å². The van der Waals surface area contributed by atoms with E-state index in [0.717, 1.165) is 6.42 Å². The minimum atomic E-state index is -0.175. The Bertz CT molecular complexity index is 893. The van der Waals surface area contributed by atoms with Crippen LogP contribution in [0, 0.1) is 0 Å². The molecule has 0 spiro atoms. The van der Waals surface area contributed by atoms with E-state index >= 15 is 0 Å². The summed E-state index contributed by atoms with van der Waals surface area (Å²) in [5.74, 6) is 0.0548. The lowest BCUT2D eigenvalue weighted by atomic mass is 10.1. The molecular weight excluding hydrogens is 314 g/mol. The molecule has 5 heteroatoms. The van der Waals surface area contributed by atoms with E-state index < -0.39 is 0 Å². The number of amides is 1. The highest BCUT2D eigenvalue weighted by atomic mass is 16.1. The maximum absolute atomic E-state index is 12.4. The van der Waals surface area contributed by atoms with Crippen LogP contribution in [0.15, 0.2) is 60.9 Å². The standard InChI is InChI=1S/C20H19N3O2/c1-3-14-4-6-16(7-5-14)20(25)22-17-10-8-15(9-11-17)18(24)19-21-12-13-23(19)2/h4-13H,3H2,1-2H3,(H,22,25). The third kappa shape index (κ3) is 3.66. The summed E-state index contributed by atoms with van der Waals surface area (Å²) in [5.41, 5.74) is 2.96. The second kappa shape index (κ2) is 7.13. The number of hydrogen-bond donors (Lipinski definition) is 1.